The number of carbonyl (C=O) groups is 1. The monoisotopic (exact) mass is 301 g/mol. The highest BCUT2D eigenvalue weighted by Crippen LogP contribution is 2.16. The molecule has 20 heavy (non-hydrogen) atoms. The number of hydrogen-bond acceptors (Lipinski definition) is 4. The summed E-state index contributed by atoms with van der Waals surface area (Å²) in [7, 11) is -3.52. The molecule has 0 aliphatic carbocycles. The van der Waals surface area contributed by atoms with E-state index in [0.717, 1.165) is 0 Å². The first-order valence-corrected chi connectivity index (χ1v) is 7.33. The van der Waals surface area contributed by atoms with Crippen molar-refractivity contribution < 1.29 is 17.7 Å². The van der Waals surface area contributed by atoms with Crippen LogP contribution in [0.25, 0.3) is 0 Å². The Balaban J connectivity index is 3.00. The largest absolute Gasteiger partial charge is 0.360 e. The molecule has 0 fully saturated rings. The Labute approximate surface area is 115 Å². The number of nitrogens with one attached hydrogen (secondary N) is 1. The van der Waals surface area contributed by atoms with E-state index in [1.54, 1.807) is 13.8 Å². The number of carbonyl (C=O) groups excluding carboxylic acids is 1. The third kappa shape index (κ3) is 4.22. The molecule has 0 heterocycles. The third-order valence-electron chi connectivity index (χ3n) is 2.64. The predicted molar refractivity (Wildman–Crippen MR) is 71.2 cm³/mol. The Morgan fingerprint density at radius 2 is 2.20 bits per heavy atom. The van der Waals surface area contributed by atoms with E-state index in [1.165, 1.54) is 24.3 Å². The Morgan fingerprint density at radius 1 is 1.50 bits per heavy atom. The molecule has 0 saturated heterocycles. The summed E-state index contributed by atoms with van der Waals surface area (Å²) < 4.78 is 37.6. The van der Waals surface area contributed by atoms with Gasteiger partial charge >= 0.3 is 11.2 Å². The van der Waals surface area contributed by atoms with Crippen molar-refractivity contribution in [1.29, 1.82) is 0 Å². The Morgan fingerprint density at radius 3 is 2.80 bits per heavy atom. The highest BCUT2D eigenvalue weighted by atomic mass is 32.2. The zero-order valence-electron chi connectivity index (χ0n) is 10.9. The summed E-state index contributed by atoms with van der Waals surface area (Å²) in [5.41, 5.74) is 0.297. The van der Waals surface area contributed by atoms with Crippen LogP contribution in [0, 0.1) is 0 Å². The Bertz CT molecular complexity index is 653. The average Bonchev–Trinajstić information content (AvgIpc) is 2.43. The summed E-state index contributed by atoms with van der Waals surface area (Å²) >= 11 is 0. The number of amides is 1. The fourth-order valence-electron chi connectivity index (χ4n) is 1.32. The standard InChI is InChI=1S/C11H14FN4O3S/c1-3-8(2)20(18,19)14-10-6-4-5-9(7-10)11(17)13-16-15-12/h4-8,14H,3H2,1-2H3/q+1. The second-order valence-corrected chi connectivity index (χ2v) is 6.12. The van der Waals surface area contributed by atoms with E-state index in [1.807, 2.05) is 5.34 Å². The van der Waals surface area contributed by atoms with Gasteiger partial charge in [0.2, 0.25) is 15.1 Å². The molecule has 1 amide bonds. The number of anilines is 1. The predicted octanol–water partition coefficient (Wildman–Crippen LogP) is 2.22. The molecular formula is C11H14FN4O3S+. The van der Waals surface area contributed by atoms with Crippen LogP contribution in [0.3, 0.4) is 0 Å². The van der Waals surface area contributed by atoms with E-state index in [-0.39, 0.29) is 11.3 Å². The zero-order valence-corrected chi connectivity index (χ0v) is 11.8. The number of halogens is 1. The lowest BCUT2D eigenvalue weighted by atomic mass is 10.2. The molecule has 1 aromatic rings. The van der Waals surface area contributed by atoms with Crippen LogP contribution in [0.5, 0.6) is 0 Å². The van der Waals surface area contributed by atoms with E-state index < -0.39 is 21.2 Å². The van der Waals surface area contributed by atoms with Gasteiger partial charge < -0.3 is 0 Å². The van der Waals surface area contributed by atoms with Crippen molar-refractivity contribution in [1.82, 2.24) is 4.91 Å². The molecule has 1 atom stereocenters. The zero-order chi connectivity index (χ0) is 15.2. The first-order chi connectivity index (χ1) is 9.40. The summed E-state index contributed by atoms with van der Waals surface area (Å²) in [4.78, 5) is 14.0. The van der Waals surface area contributed by atoms with Crippen molar-refractivity contribution in [3.8, 4) is 0 Å². The van der Waals surface area contributed by atoms with Crippen molar-refractivity contribution in [3.63, 3.8) is 0 Å². The summed E-state index contributed by atoms with van der Waals surface area (Å²) in [6.45, 7) is 3.33. The van der Waals surface area contributed by atoms with Crippen molar-refractivity contribution in [2.75, 3.05) is 4.72 Å². The van der Waals surface area contributed by atoms with Gasteiger partial charge in [0, 0.05) is 10.2 Å². The van der Waals surface area contributed by atoms with Crippen LogP contribution in [0.15, 0.2) is 34.7 Å². The number of benzene rings is 1. The molecule has 0 radical (unpaired) electrons. The fraction of sp³-hybridized carbons (Fsp3) is 0.364. The SMILES string of the molecule is CCC(C)S(=O)(=O)Nc1cccc(C(=O)N=[N+]=NF)c1. The first kappa shape index (κ1) is 15.9. The molecule has 0 bridgehead atoms. The summed E-state index contributed by atoms with van der Waals surface area (Å²) in [5, 5.41) is 4.25. The average molecular weight is 301 g/mol. The van der Waals surface area contributed by atoms with Crippen LogP contribution in [0.4, 0.5) is 10.2 Å². The summed E-state index contributed by atoms with van der Waals surface area (Å²) in [6, 6.07) is 5.66. The molecule has 108 valence electrons. The molecule has 1 aromatic carbocycles. The van der Waals surface area contributed by atoms with Gasteiger partial charge in [0.1, 0.15) is 0 Å². The molecule has 1 unspecified atom stereocenters. The van der Waals surface area contributed by atoms with Crippen molar-refractivity contribution >= 4 is 21.6 Å². The molecule has 1 N–H and O–H groups in total. The van der Waals surface area contributed by atoms with Crippen LogP contribution < -0.4 is 9.63 Å². The van der Waals surface area contributed by atoms with Crippen LogP contribution in [-0.2, 0) is 10.0 Å². The Hall–Kier alpha value is -2.12. The maximum atomic E-state index is 11.9. The van der Waals surface area contributed by atoms with Gasteiger partial charge in [-0.15, -0.1) is 0 Å². The molecule has 1 rings (SSSR count). The highest BCUT2D eigenvalue weighted by molar-refractivity contribution is 7.93. The van der Waals surface area contributed by atoms with Gasteiger partial charge in [0.05, 0.1) is 10.8 Å². The maximum Gasteiger partial charge on any atom is 0.360 e. The van der Waals surface area contributed by atoms with Gasteiger partial charge in [-0.1, -0.05) is 13.0 Å². The van der Waals surface area contributed by atoms with E-state index in [4.69, 9.17) is 0 Å². The lowest BCUT2D eigenvalue weighted by Crippen LogP contribution is -2.24. The lowest BCUT2D eigenvalue weighted by Gasteiger charge is -2.13. The van der Waals surface area contributed by atoms with Gasteiger partial charge in [-0.3, -0.25) is 9.52 Å². The lowest BCUT2D eigenvalue weighted by molar-refractivity contribution is 0.0991. The Kier molecular flexibility index (Phi) is 5.48. The minimum absolute atomic E-state index is 0.0711. The van der Waals surface area contributed by atoms with Crippen LogP contribution >= 0.6 is 0 Å². The van der Waals surface area contributed by atoms with Crippen molar-refractivity contribution in [3.05, 3.63) is 29.8 Å². The second kappa shape index (κ2) is 6.88. The van der Waals surface area contributed by atoms with Crippen LogP contribution in [-0.4, -0.2) is 19.6 Å². The molecule has 0 aromatic heterocycles. The first-order valence-electron chi connectivity index (χ1n) is 5.78. The highest BCUT2D eigenvalue weighted by Gasteiger charge is 2.19. The minimum Gasteiger partial charge on any atom is -0.283 e. The quantitative estimate of drug-likeness (QED) is 0.666. The molecule has 0 aliphatic rings. The van der Waals surface area contributed by atoms with E-state index >= 15 is 0 Å². The third-order valence-corrected chi connectivity index (χ3v) is 4.56. The smallest absolute Gasteiger partial charge is 0.283 e. The molecule has 0 spiro atoms. The van der Waals surface area contributed by atoms with E-state index in [0.29, 0.717) is 6.42 Å². The molecule has 0 saturated carbocycles. The van der Waals surface area contributed by atoms with Crippen LogP contribution in [0.1, 0.15) is 30.6 Å². The number of hydrogen-bond donors (Lipinski definition) is 1. The number of nitrogens with zero attached hydrogens (tertiary/aromatic N) is 3. The van der Waals surface area contributed by atoms with Gasteiger partial charge in [-0.25, -0.2) is 8.42 Å². The summed E-state index contributed by atoms with van der Waals surface area (Å²) in [5.74, 6) is -0.823. The fourth-order valence-corrected chi connectivity index (χ4v) is 2.41. The summed E-state index contributed by atoms with van der Waals surface area (Å²) in [6.07, 6.45) is 0.459. The van der Waals surface area contributed by atoms with Gasteiger partial charge in [0.25, 0.3) is 4.91 Å². The van der Waals surface area contributed by atoms with Crippen molar-refractivity contribution in [2.45, 2.75) is 25.5 Å². The minimum atomic E-state index is -3.52. The second-order valence-electron chi connectivity index (χ2n) is 4.02. The number of sulfonamides is 1. The molecule has 0 aliphatic heterocycles. The van der Waals surface area contributed by atoms with Gasteiger partial charge in [-0.05, 0) is 31.5 Å². The molecule has 7 nitrogen and oxygen atoms in total. The normalized spacial score (nSPS) is 12.2. The van der Waals surface area contributed by atoms with E-state index in [9.17, 15) is 17.7 Å². The van der Waals surface area contributed by atoms with Gasteiger partial charge in [-0.2, -0.15) is 0 Å². The molecule has 9 heteroatoms. The topological polar surface area (TPSA) is 102 Å². The van der Waals surface area contributed by atoms with Gasteiger partial charge in [0.15, 0.2) is 0 Å². The van der Waals surface area contributed by atoms with Crippen molar-refractivity contribution in [2.24, 2.45) is 10.5 Å². The van der Waals surface area contributed by atoms with Crippen LogP contribution in [0.2, 0.25) is 0 Å². The maximum absolute atomic E-state index is 11.9. The number of rotatable bonds is 5. The molecular weight excluding hydrogens is 287 g/mol. The van der Waals surface area contributed by atoms with E-state index in [2.05, 4.69) is 14.7 Å².